The van der Waals surface area contributed by atoms with Crippen molar-refractivity contribution in [3.05, 3.63) is 93.0 Å². The first-order valence-corrected chi connectivity index (χ1v) is 15.6. The molecule has 3 aromatic carbocycles. The van der Waals surface area contributed by atoms with E-state index in [-0.39, 0.29) is 23.4 Å². The molecular formula is C31H37Cl2N3O4S. The number of benzene rings is 3. The maximum Gasteiger partial charge on any atom is 0.264 e. The number of sulfonamides is 1. The lowest BCUT2D eigenvalue weighted by Crippen LogP contribution is -2.53. The van der Waals surface area contributed by atoms with Gasteiger partial charge in [-0.1, -0.05) is 60.0 Å². The number of rotatable bonds is 11. The van der Waals surface area contributed by atoms with Gasteiger partial charge in [-0.05, 0) is 94.1 Å². The van der Waals surface area contributed by atoms with Crippen LogP contribution in [0.25, 0.3) is 0 Å². The molecule has 0 saturated heterocycles. The molecule has 1 N–H and O–H groups in total. The summed E-state index contributed by atoms with van der Waals surface area (Å²) < 4.78 is 29.2. The lowest BCUT2D eigenvalue weighted by Gasteiger charge is -2.34. The van der Waals surface area contributed by atoms with Crippen LogP contribution in [0, 0.1) is 20.8 Å². The number of hydrogen-bond acceptors (Lipinski definition) is 4. The van der Waals surface area contributed by atoms with Crippen LogP contribution in [-0.2, 0) is 26.2 Å². The van der Waals surface area contributed by atoms with E-state index in [0.717, 1.165) is 21.0 Å². The molecule has 0 aliphatic carbocycles. The molecule has 1 atom stereocenters. The summed E-state index contributed by atoms with van der Waals surface area (Å²) in [4.78, 5) is 28.9. The number of nitrogens with zero attached hydrogens (tertiary/aromatic N) is 2. The smallest absolute Gasteiger partial charge is 0.264 e. The minimum atomic E-state index is -4.15. The van der Waals surface area contributed by atoms with E-state index in [9.17, 15) is 18.0 Å². The van der Waals surface area contributed by atoms with Gasteiger partial charge in [-0.25, -0.2) is 8.42 Å². The summed E-state index contributed by atoms with van der Waals surface area (Å²) in [6.45, 7) is 10.6. The van der Waals surface area contributed by atoms with Gasteiger partial charge in [-0.2, -0.15) is 0 Å². The molecule has 3 aromatic rings. The van der Waals surface area contributed by atoms with Crippen LogP contribution < -0.4 is 9.62 Å². The van der Waals surface area contributed by atoms with Crippen molar-refractivity contribution in [1.29, 1.82) is 0 Å². The van der Waals surface area contributed by atoms with Crippen LogP contribution in [0.4, 0.5) is 5.69 Å². The third-order valence-electron chi connectivity index (χ3n) is 6.55. The van der Waals surface area contributed by atoms with E-state index in [0.29, 0.717) is 27.7 Å². The number of carbonyl (C=O) groups excluding carboxylic acids is 2. The molecule has 0 aliphatic rings. The van der Waals surface area contributed by atoms with E-state index < -0.39 is 28.5 Å². The number of aryl methyl sites for hydroxylation is 3. The standard InChI is InChI=1S/C31H37Cl2N3O4S/c1-7-29(31(38)34-20(2)3)35(18-24-10-11-25(32)17-28(24)33)30(37)19-36(26-15-22(5)14-23(6)16-26)41(39,40)27-12-8-21(4)9-13-27/h8-17,20,29H,7,18-19H2,1-6H3,(H,34,38)/t29-/m1/s1. The average molecular weight is 619 g/mol. The van der Waals surface area contributed by atoms with Gasteiger partial charge in [0.15, 0.2) is 0 Å². The minimum Gasteiger partial charge on any atom is -0.352 e. The van der Waals surface area contributed by atoms with Crippen molar-refractivity contribution in [3.63, 3.8) is 0 Å². The monoisotopic (exact) mass is 617 g/mol. The van der Waals surface area contributed by atoms with Gasteiger partial charge in [0, 0.05) is 22.6 Å². The molecule has 0 saturated carbocycles. The summed E-state index contributed by atoms with van der Waals surface area (Å²) in [7, 11) is -4.15. The fourth-order valence-electron chi connectivity index (χ4n) is 4.59. The Bertz CT molecular complexity index is 1490. The maximum atomic E-state index is 14.2. The lowest BCUT2D eigenvalue weighted by molar-refractivity contribution is -0.140. The summed E-state index contributed by atoms with van der Waals surface area (Å²) in [5.74, 6) is -0.878. The second-order valence-corrected chi connectivity index (χ2v) is 13.2. The highest BCUT2D eigenvalue weighted by molar-refractivity contribution is 7.92. The van der Waals surface area contributed by atoms with Crippen LogP contribution in [0.5, 0.6) is 0 Å². The van der Waals surface area contributed by atoms with Crippen molar-refractivity contribution in [1.82, 2.24) is 10.2 Å². The summed E-state index contributed by atoms with van der Waals surface area (Å²) >= 11 is 12.6. The number of halogens is 2. The third-order valence-corrected chi connectivity index (χ3v) is 8.93. The Morgan fingerprint density at radius 2 is 1.49 bits per heavy atom. The van der Waals surface area contributed by atoms with E-state index in [1.165, 1.54) is 17.0 Å². The lowest BCUT2D eigenvalue weighted by atomic mass is 10.1. The zero-order valence-corrected chi connectivity index (χ0v) is 26.6. The van der Waals surface area contributed by atoms with Gasteiger partial charge < -0.3 is 10.2 Å². The zero-order valence-electron chi connectivity index (χ0n) is 24.2. The predicted octanol–water partition coefficient (Wildman–Crippen LogP) is 6.45. The molecule has 0 spiro atoms. The molecule has 0 fully saturated rings. The van der Waals surface area contributed by atoms with Crippen molar-refractivity contribution < 1.29 is 18.0 Å². The highest BCUT2D eigenvalue weighted by Crippen LogP contribution is 2.28. The molecule has 10 heteroatoms. The number of anilines is 1. The van der Waals surface area contributed by atoms with E-state index in [1.54, 1.807) is 49.4 Å². The maximum absolute atomic E-state index is 14.2. The van der Waals surface area contributed by atoms with Crippen molar-refractivity contribution in [3.8, 4) is 0 Å². The van der Waals surface area contributed by atoms with Gasteiger partial charge >= 0.3 is 0 Å². The molecule has 220 valence electrons. The van der Waals surface area contributed by atoms with Crippen LogP contribution in [0.2, 0.25) is 10.0 Å². The van der Waals surface area contributed by atoms with E-state index in [1.807, 2.05) is 40.7 Å². The Hall–Kier alpha value is -3.07. The van der Waals surface area contributed by atoms with Gasteiger partial charge in [-0.15, -0.1) is 0 Å². The Kier molecular flexibility index (Phi) is 10.9. The fraction of sp³-hybridized carbons (Fsp3) is 0.355. The molecule has 41 heavy (non-hydrogen) atoms. The summed E-state index contributed by atoms with van der Waals surface area (Å²) in [5.41, 5.74) is 3.55. The molecular weight excluding hydrogens is 581 g/mol. The largest absolute Gasteiger partial charge is 0.352 e. The van der Waals surface area contributed by atoms with E-state index >= 15 is 0 Å². The number of nitrogens with one attached hydrogen (secondary N) is 1. The summed E-state index contributed by atoms with van der Waals surface area (Å²) in [5, 5.41) is 3.66. The van der Waals surface area contributed by atoms with E-state index in [4.69, 9.17) is 23.2 Å². The van der Waals surface area contributed by atoms with Crippen molar-refractivity contribution in [2.45, 2.75) is 71.5 Å². The molecule has 0 aliphatic heterocycles. The third kappa shape index (κ3) is 8.24. The molecule has 2 amide bonds. The van der Waals surface area contributed by atoms with Crippen LogP contribution in [0.3, 0.4) is 0 Å². The van der Waals surface area contributed by atoms with Gasteiger partial charge in [0.25, 0.3) is 10.0 Å². The van der Waals surface area contributed by atoms with Crippen LogP contribution >= 0.6 is 23.2 Å². The fourth-order valence-corrected chi connectivity index (χ4v) is 6.46. The van der Waals surface area contributed by atoms with Crippen LogP contribution in [-0.4, -0.2) is 43.8 Å². The first-order chi connectivity index (χ1) is 19.2. The SMILES string of the molecule is CC[C@H](C(=O)NC(C)C)N(Cc1ccc(Cl)cc1Cl)C(=O)CN(c1cc(C)cc(C)c1)S(=O)(=O)c1ccc(C)cc1. The first kappa shape index (κ1) is 32.4. The highest BCUT2D eigenvalue weighted by Gasteiger charge is 2.34. The molecule has 3 rings (SSSR count). The van der Waals surface area contributed by atoms with E-state index in [2.05, 4.69) is 5.32 Å². The highest BCUT2D eigenvalue weighted by atomic mass is 35.5. The second-order valence-electron chi connectivity index (χ2n) is 10.5. The second kappa shape index (κ2) is 13.7. The van der Waals surface area contributed by atoms with Crippen molar-refractivity contribution >= 4 is 50.7 Å². The molecule has 0 radical (unpaired) electrons. The summed E-state index contributed by atoms with van der Waals surface area (Å²) in [6.07, 6.45) is 0.309. The molecule has 0 aromatic heterocycles. The van der Waals surface area contributed by atoms with Gasteiger partial charge in [-0.3, -0.25) is 13.9 Å². The molecule has 0 heterocycles. The Balaban J connectivity index is 2.12. The number of amides is 2. The van der Waals surface area contributed by atoms with Gasteiger partial charge in [0.1, 0.15) is 12.6 Å². The van der Waals surface area contributed by atoms with Crippen LogP contribution in [0.15, 0.2) is 65.6 Å². The Labute approximate surface area is 253 Å². The zero-order chi connectivity index (χ0) is 30.5. The minimum absolute atomic E-state index is 0.00980. The number of hydrogen-bond donors (Lipinski definition) is 1. The topological polar surface area (TPSA) is 86.8 Å². The summed E-state index contributed by atoms with van der Waals surface area (Å²) in [6, 6.07) is 15.8. The number of carbonyl (C=O) groups is 2. The Morgan fingerprint density at radius 3 is 2.02 bits per heavy atom. The van der Waals surface area contributed by atoms with Gasteiger partial charge in [0.05, 0.1) is 10.6 Å². The normalized spacial score (nSPS) is 12.2. The quantitative estimate of drug-likeness (QED) is 0.268. The predicted molar refractivity (Wildman–Crippen MR) is 166 cm³/mol. The Morgan fingerprint density at radius 1 is 0.878 bits per heavy atom. The van der Waals surface area contributed by atoms with Crippen molar-refractivity contribution in [2.24, 2.45) is 0 Å². The molecule has 7 nitrogen and oxygen atoms in total. The van der Waals surface area contributed by atoms with Gasteiger partial charge in [0.2, 0.25) is 11.8 Å². The van der Waals surface area contributed by atoms with Crippen LogP contribution in [0.1, 0.15) is 49.4 Å². The first-order valence-electron chi connectivity index (χ1n) is 13.4. The van der Waals surface area contributed by atoms with Crippen molar-refractivity contribution in [2.75, 3.05) is 10.8 Å². The molecule has 0 unspecified atom stereocenters. The average Bonchev–Trinajstić information content (AvgIpc) is 2.87. The molecule has 0 bridgehead atoms.